The van der Waals surface area contributed by atoms with E-state index in [0.717, 1.165) is 9.52 Å². The van der Waals surface area contributed by atoms with E-state index in [1.807, 2.05) is 0 Å². The molecule has 2 fully saturated rings. The normalized spacial score (nSPS) is 22.6. The molecule has 1 aliphatic carbocycles. The molecular formula is C29H41NSi. The number of nitrogens with zero attached hydrogens (tertiary/aromatic N) is 1. The van der Waals surface area contributed by atoms with Crippen molar-refractivity contribution in [2.75, 3.05) is 4.90 Å². The summed E-state index contributed by atoms with van der Waals surface area (Å²) in [6.45, 7) is 14.5. The van der Waals surface area contributed by atoms with Gasteiger partial charge in [0.15, 0.2) is 0 Å². The fourth-order valence-corrected chi connectivity index (χ4v) is 8.51. The van der Waals surface area contributed by atoms with Gasteiger partial charge in [0, 0.05) is 16.9 Å². The number of benzene rings is 2. The van der Waals surface area contributed by atoms with Crippen LogP contribution in [0.4, 0.5) is 5.69 Å². The highest BCUT2D eigenvalue weighted by Crippen LogP contribution is 2.57. The van der Waals surface area contributed by atoms with Gasteiger partial charge < -0.3 is 4.90 Å². The number of para-hydroxylation sites is 1. The average molecular weight is 432 g/mol. The van der Waals surface area contributed by atoms with Crippen molar-refractivity contribution < 1.29 is 0 Å². The van der Waals surface area contributed by atoms with Crippen LogP contribution in [0, 0.1) is 5.41 Å². The SMILES string of the molecule is CC(C)c1cccc(C(C)C)c1N1C([Si]c2ccccc2)C2(CCCCC2)CC1(C)C. The fraction of sp³-hybridized carbons (Fsp3) is 0.586. The van der Waals surface area contributed by atoms with Gasteiger partial charge in [-0.05, 0) is 61.5 Å². The molecule has 1 saturated heterocycles. The van der Waals surface area contributed by atoms with Crippen molar-refractivity contribution in [3.05, 3.63) is 59.7 Å². The number of anilines is 1. The Morgan fingerprint density at radius 2 is 1.39 bits per heavy atom. The smallest absolute Gasteiger partial charge is 0.111 e. The largest absolute Gasteiger partial charge is 0.365 e. The summed E-state index contributed by atoms with van der Waals surface area (Å²) in [5.41, 5.74) is 5.87. The first-order valence-corrected chi connectivity index (χ1v) is 13.6. The molecule has 2 radical (unpaired) electrons. The molecule has 1 unspecified atom stereocenters. The highest BCUT2D eigenvalue weighted by molar-refractivity contribution is 6.56. The first kappa shape index (κ1) is 22.6. The van der Waals surface area contributed by atoms with E-state index in [-0.39, 0.29) is 5.54 Å². The van der Waals surface area contributed by atoms with Gasteiger partial charge in [0.1, 0.15) is 9.52 Å². The van der Waals surface area contributed by atoms with Crippen LogP contribution in [0.15, 0.2) is 48.5 Å². The number of hydrogen-bond donors (Lipinski definition) is 0. The van der Waals surface area contributed by atoms with Gasteiger partial charge in [-0.25, -0.2) is 0 Å². The van der Waals surface area contributed by atoms with Crippen LogP contribution in [-0.2, 0) is 0 Å². The van der Waals surface area contributed by atoms with Crippen molar-refractivity contribution in [3.8, 4) is 0 Å². The highest BCUT2D eigenvalue weighted by Gasteiger charge is 2.56. The minimum absolute atomic E-state index is 0.179. The molecule has 1 heterocycles. The van der Waals surface area contributed by atoms with E-state index in [4.69, 9.17) is 0 Å². The van der Waals surface area contributed by atoms with Crippen molar-refractivity contribution in [1.82, 2.24) is 0 Å². The monoisotopic (exact) mass is 431 g/mol. The fourth-order valence-electron chi connectivity index (χ4n) is 6.50. The van der Waals surface area contributed by atoms with Crippen molar-refractivity contribution >= 4 is 20.4 Å². The molecule has 2 heteroatoms. The summed E-state index contributed by atoms with van der Waals surface area (Å²) in [4.78, 5) is 2.94. The minimum atomic E-state index is 0.179. The molecule has 2 aromatic rings. The Kier molecular flexibility index (Phi) is 6.41. The lowest BCUT2D eigenvalue weighted by atomic mass is 9.71. The van der Waals surface area contributed by atoms with Crippen molar-refractivity contribution in [2.24, 2.45) is 5.41 Å². The van der Waals surface area contributed by atoms with Gasteiger partial charge in [-0.3, -0.25) is 0 Å². The van der Waals surface area contributed by atoms with Crippen molar-refractivity contribution in [1.29, 1.82) is 0 Å². The third-order valence-electron chi connectivity index (χ3n) is 7.78. The highest BCUT2D eigenvalue weighted by atomic mass is 28.2. The average Bonchev–Trinajstić information content (AvgIpc) is 2.94. The quantitative estimate of drug-likeness (QED) is 0.451. The van der Waals surface area contributed by atoms with E-state index in [2.05, 4.69) is 95.0 Å². The Morgan fingerprint density at radius 1 is 0.806 bits per heavy atom. The molecule has 0 bridgehead atoms. The summed E-state index contributed by atoms with van der Waals surface area (Å²) in [6, 6.07) is 18.4. The van der Waals surface area contributed by atoms with Gasteiger partial charge in [-0.15, -0.1) is 0 Å². The molecule has 1 atom stereocenters. The van der Waals surface area contributed by atoms with Crippen LogP contribution in [0.1, 0.15) is 103 Å². The van der Waals surface area contributed by atoms with Crippen LogP contribution in [-0.4, -0.2) is 20.7 Å². The summed E-state index contributed by atoms with van der Waals surface area (Å²) in [5.74, 6) is 1.07. The van der Waals surface area contributed by atoms with E-state index in [1.165, 1.54) is 54.8 Å². The van der Waals surface area contributed by atoms with Crippen LogP contribution in [0.3, 0.4) is 0 Å². The van der Waals surface area contributed by atoms with E-state index in [9.17, 15) is 0 Å². The van der Waals surface area contributed by atoms with Gasteiger partial charge in [-0.2, -0.15) is 0 Å². The second kappa shape index (κ2) is 8.77. The van der Waals surface area contributed by atoms with Crippen LogP contribution < -0.4 is 10.1 Å². The van der Waals surface area contributed by atoms with Crippen LogP contribution >= 0.6 is 0 Å². The zero-order valence-electron chi connectivity index (χ0n) is 20.5. The molecule has 1 saturated carbocycles. The van der Waals surface area contributed by atoms with Gasteiger partial charge in [0.25, 0.3) is 0 Å². The van der Waals surface area contributed by atoms with Crippen molar-refractivity contribution in [3.63, 3.8) is 0 Å². The third-order valence-corrected chi connectivity index (χ3v) is 9.60. The Bertz CT molecular complexity index is 851. The van der Waals surface area contributed by atoms with E-state index >= 15 is 0 Å². The zero-order chi connectivity index (χ0) is 22.2. The summed E-state index contributed by atoms with van der Waals surface area (Å²) < 4.78 is 0. The lowest BCUT2D eigenvalue weighted by molar-refractivity contribution is 0.190. The molecule has 31 heavy (non-hydrogen) atoms. The van der Waals surface area contributed by atoms with Gasteiger partial charge >= 0.3 is 0 Å². The molecule has 0 N–H and O–H groups in total. The molecule has 0 amide bonds. The maximum atomic E-state index is 2.94. The molecule has 1 aliphatic heterocycles. The molecule has 0 aromatic heterocycles. The summed E-state index contributed by atoms with van der Waals surface area (Å²) >= 11 is 0. The van der Waals surface area contributed by atoms with Crippen LogP contribution in [0.25, 0.3) is 0 Å². The van der Waals surface area contributed by atoms with Gasteiger partial charge in [0.05, 0.1) is 0 Å². The molecule has 166 valence electrons. The molecule has 2 aliphatic rings. The maximum Gasteiger partial charge on any atom is 0.111 e. The molecular weight excluding hydrogens is 390 g/mol. The second-order valence-corrected chi connectivity index (χ2v) is 12.7. The standard InChI is InChI=1S/C29H41NSi/c1-21(2)24-16-13-17-25(22(3)4)26(24)30-27(31-23-14-9-7-10-15-23)29(20-28(30,5)6)18-11-8-12-19-29/h7,9-10,13-17,21-22,27H,8,11-12,18-20H2,1-6H3. The number of hydrogen-bond acceptors (Lipinski definition) is 1. The van der Waals surface area contributed by atoms with Crippen molar-refractivity contribution in [2.45, 2.75) is 103 Å². The lowest BCUT2D eigenvalue weighted by Crippen LogP contribution is -2.52. The second-order valence-electron chi connectivity index (χ2n) is 11.3. The van der Waals surface area contributed by atoms with E-state index < -0.39 is 0 Å². The summed E-state index contributed by atoms with van der Waals surface area (Å²) in [7, 11) is 0.838. The van der Waals surface area contributed by atoms with Gasteiger partial charge in [-0.1, -0.05) is 101 Å². The maximum absolute atomic E-state index is 2.94. The molecule has 1 spiro atoms. The first-order chi connectivity index (χ1) is 14.8. The molecule has 1 nitrogen and oxygen atoms in total. The third kappa shape index (κ3) is 4.25. The Balaban J connectivity index is 1.90. The molecule has 4 rings (SSSR count). The number of rotatable bonds is 5. The molecule has 2 aromatic carbocycles. The zero-order valence-corrected chi connectivity index (χ0v) is 21.5. The van der Waals surface area contributed by atoms with E-state index in [1.54, 1.807) is 5.69 Å². The first-order valence-electron chi connectivity index (χ1n) is 12.5. The summed E-state index contributed by atoms with van der Waals surface area (Å²) in [5, 5.41) is 1.52. The Morgan fingerprint density at radius 3 is 1.94 bits per heavy atom. The van der Waals surface area contributed by atoms with Gasteiger partial charge in [0.2, 0.25) is 0 Å². The summed E-state index contributed by atoms with van der Waals surface area (Å²) in [6.07, 6.45) is 8.36. The Hall–Kier alpha value is -1.54. The predicted octanol–water partition coefficient (Wildman–Crippen LogP) is 7.23. The Labute approximate surface area is 193 Å². The van der Waals surface area contributed by atoms with Crippen LogP contribution in [0.5, 0.6) is 0 Å². The lowest BCUT2D eigenvalue weighted by Gasteiger charge is -2.45. The van der Waals surface area contributed by atoms with Crippen LogP contribution in [0.2, 0.25) is 0 Å². The topological polar surface area (TPSA) is 3.24 Å². The van der Waals surface area contributed by atoms with E-state index in [0.29, 0.717) is 22.9 Å². The minimum Gasteiger partial charge on any atom is -0.365 e. The predicted molar refractivity (Wildman–Crippen MR) is 137 cm³/mol.